The molecule has 0 unspecified atom stereocenters. The summed E-state index contributed by atoms with van der Waals surface area (Å²) in [6.07, 6.45) is 5.22. The SMILES string of the molecule is CN(C[C@@H]1CCCCO1)C(=O)c1cc(Cn2cnc3ccccc32)[nH]n1. The summed E-state index contributed by atoms with van der Waals surface area (Å²) in [4.78, 5) is 18.7. The number of hydrogen-bond acceptors (Lipinski definition) is 4. The molecule has 26 heavy (non-hydrogen) atoms. The number of hydrogen-bond donors (Lipinski definition) is 1. The standard InChI is InChI=1S/C19H23N5O2/c1-23(12-15-6-4-5-9-26-15)19(25)17-10-14(21-22-17)11-24-13-20-16-7-2-3-8-18(16)24/h2-3,7-8,10,13,15H,4-6,9,11-12H2,1H3,(H,21,22)/t15-/m0/s1. The van der Waals surface area contributed by atoms with Crippen LogP contribution < -0.4 is 0 Å². The molecule has 1 aliphatic rings. The van der Waals surface area contributed by atoms with Crippen molar-refractivity contribution >= 4 is 16.9 Å². The Balaban J connectivity index is 1.42. The van der Waals surface area contributed by atoms with E-state index in [1.807, 2.05) is 34.9 Å². The molecular formula is C19H23N5O2. The van der Waals surface area contributed by atoms with E-state index in [0.717, 1.165) is 42.6 Å². The molecule has 1 N–H and O–H groups in total. The molecule has 3 aromatic rings. The Morgan fingerprint density at radius 1 is 1.38 bits per heavy atom. The van der Waals surface area contributed by atoms with E-state index in [1.165, 1.54) is 0 Å². The van der Waals surface area contributed by atoms with Gasteiger partial charge in [-0.25, -0.2) is 4.98 Å². The summed E-state index contributed by atoms with van der Waals surface area (Å²) in [6.45, 7) is 1.99. The van der Waals surface area contributed by atoms with Crippen LogP contribution in [0.5, 0.6) is 0 Å². The summed E-state index contributed by atoms with van der Waals surface area (Å²) >= 11 is 0. The van der Waals surface area contributed by atoms with Crippen LogP contribution in [0.15, 0.2) is 36.7 Å². The molecule has 0 aliphatic carbocycles. The van der Waals surface area contributed by atoms with Crippen molar-refractivity contribution < 1.29 is 9.53 Å². The lowest BCUT2D eigenvalue weighted by atomic mass is 10.1. The van der Waals surface area contributed by atoms with E-state index in [-0.39, 0.29) is 12.0 Å². The maximum Gasteiger partial charge on any atom is 0.274 e. The van der Waals surface area contributed by atoms with Crippen molar-refractivity contribution in [1.82, 2.24) is 24.6 Å². The molecule has 1 atom stereocenters. The number of carbonyl (C=O) groups excluding carboxylic acids is 1. The number of aromatic nitrogens is 4. The zero-order chi connectivity index (χ0) is 17.9. The van der Waals surface area contributed by atoms with Crippen molar-refractivity contribution in [2.24, 2.45) is 0 Å². The first-order valence-electron chi connectivity index (χ1n) is 9.02. The molecule has 0 bridgehead atoms. The molecular weight excluding hydrogens is 330 g/mol. The van der Waals surface area contributed by atoms with E-state index in [1.54, 1.807) is 18.3 Å². The number of ether oxygens (including phenoxy) is 1. The lowest BCUT2D eigenvalue weighted by molar-refractivity contribution is -0.000291. The van der Waals surface area contributed by atoms with Gasteiger partial charge in [0.15, 0.2) is 0 Å². The molecule has 2 aromatic heterocycles. The first-order valence-corrected chi connectivity index (χ1v) is 9.02. The molecule has 0 spiro atoms. The van der Waals surface area contributed by atoms with E-state index >= 15 is 0 Å². The van der Waals surface area contributed by atoms with E-state index < -0.39 is 0 Å². The average Bonchev–Trinajstić information content (AvgIpc) is 3.30. The summed E-state index contributed by atoms with van der Waals surface area (Å²) in [5.74, 6) is -0.0860. The number of likely N-dealkylation sites (N-methyl/N-ethyl adjacent to an activating group) is 1. The van der Waals surface area contributed by atoms with Crippen LogP contribution in [0.1, 0.15) is 35.4 Å². The number of nitrogens with one attached hydrogen (secondary N) is 1. The highest BCUT2D eigenvalue weighted by atomic mass is 16.5. The van der Waals surface area contributed by atoms with Gasteiger partial charge in [-0.05, 0) is 37.5 Å². The van der Waals surface area contributed by atoms with Gasteiger partial charge in [-0.2, -0.15) is 5.10 Å². The Bertz CT molecular complexity index is 894. The van der Waals surface area contributed by atoms with Crippen LogP contribution in [0.25, 0.3) is 11.0 Å². The predicted octanol–water partition coefficient (Wildman–Crippen LogP) is 2.45. The monoisotopic (exact) mass is 353 g/mol. The second kappa shape index (κ2) is 7.29. The summed E-state index contributed by atoms with van der Waals surface area (Å²) in [6, 6.07) is 9.79. The summed E-state index contributed by atoms with van der Waals surface area (Å²) < 4.78 is 7.76. The number of H-pyrrole nitrogens is 1. The Hall–Kier alpha value is -2.67. The number of imidazole rings is 1. The molecule has 136 valence electrons. The van der Waals surface area contributed by atoms with Crippen molar-refractivity contribution in [3.05, 3.63) is 48.0 Å². The Morgan fingerprint density at radius 2 is 2.27 bits per heavy atom. The fourth-order valence-electron chi connectivity index (χ4n) is 3.41. The third-order valence-corrected chi connectivity index (χ3v) is 4.82. The van der Waals surface area contributed by atoms with E-state index in [0.29, 0.717) is 18.8 Å². The molecule has 1 saturated heterocycles. The molecule has 1 aliphatic heterocycles. The van der Waals surface area contributed by atoms with E-state index in [9.17, 15) is 4.79 Å². The Kier molecular flexibility index (Phi) is 4.71. The molecule has 7 nitrogen and oxygen atoms in total. The van der Waals surface area contributed by atoms with Crippen LogP contribution in [0, 0.1) is 0 Å². The van der Waals surface area contributed by atoms with Gasteiger partial charge in [-0.15, -0.1) is 0 Å². The number of benzene rings is 1. The summed E-state index contributed by atoms with van der Waals surface area (Å²) in [5, 5.41) is 7.17. The van der Waals surface area contributed by atoms with E-state index in [4.69, 9.17) is 4.74 Å². The lowest BCUT2D eigenvalue weighted by Gasteiger charge is -2.27. The highest BCUT2D eigenvalue weighted by Crippen LogP contribution is 2.16. The third-order valence-electron chi connectivity index (χ3n) is 4.82. The van der Waals surface area contributed by atoms with Crippen molar-refractivity contribution in [3.8, 4) is 0 Å². The summed E-state index contributed by atoms with van der Waals surface area (Å²) in [5.41, 5.74) is 3.32. The fourth-order valence-corrected chi connectivity index (χ4v) is 3.41. The van der Waals surface area contributed by atoms with Gasteiger partial charge in [0.2, 0.25) is 0 Å². The van der Waals surface area contributed by atoms with Crippen LogP contribution in [-0.2, 0) is 11.3 Å². The number of rotatable bonds is 5. The highest BCUT2D eigenvalue weighted by molar-refractivity contribution is 5.92. The predicted molar refractivity (Wildman–Crippen MR) is 98.0 cm³/mol. The topological polar surface area (TPSA) is 76.0 Å². The normalized spacial score (nSPS) is 17.5. The van der Waals surface area contributed by atoms with Gasteiger partial charge in [0.25, 0.3) is 5.91 Å². The lowest BCUT2D eigenvalue weighted by Crippen LogP contribution is -2.37. The molecule has 0 saturated carbocycles. The van der Waals surface area contributed by atoms with Gasteiger partial charge in [0.05, 0.1) is 35.7 Å². The maximum absolute atomic E-state index is 12.6. The third kappa shape index (κ3) is 3.48. The number of carbonyl (C=O) groups is 1. The largest absolute Gasteiger partial charge is 0.376 e. The minimum Gasteiger partial charge on any atom is -0.376 e. The number of fused-ring (bicyclic) bond motifs is 1. The summed E-state index contributed by atoms with van der Waals surface area (Å²) in [7, 11) is 1.80. The number of para-hydroxylation sites is 2. The molecule has 0 radical (unpaired) electrons. The van der Waals surface area contributed by atoms with Gasteiger partial charge in [0.1, 0.15) is 5.69 Å². The molecule has 4 rings (SSSR count). The van der Waals surface area contributed by atoms with Crippen molar-refractivity contribution in [2.45, 2.75) is 31.9 Å². The van der Waals surface area contributed by atoms with Gasteiger partial charge >= 0.3 is 0 Å². The van der Waals surface area contributed by atoms with Gasteiger partial charge in [-0.3, -0.25) is 9.89 Å². The molecule has 3 heterocycles. The van der Waals surface area contributed by atoms with Crippen LogP contribution in [0.4, 0.5) is 0 Å². The zero-order valence-electron chi connectivity index (χ0n) is 14.9. The minimum absolute atomic E-state index is 0.0860. The Labute approximate surface area is 152 Å². The molecule has 1 amide bonds. The maximum atomic E-state index is 12.6. The smallest absolute Gasteiger partial charge is 0.274 e. The fraction of sp³-hybridized carbons (Fsp3) is 0.421. The quantitative estimate of drug-likeness (QED) is 0.764. The van der Waals surface area contributed by atoms with Gasteiger partial charge < -0.3 is 14.2 Å². The van der Waals surface area contributed by atoms with Crippen LogP contribution in [0.3, 0.4) is 0 Å². The number of amides is 1. The first kappa shape index (κ1) is 16.8. The number of nitrogens with zero attached hydrogens (tertiary/aromatic N) is 4. The highest BCUT2D eigenvalue weighted by Gasteiger charge is 2.21. The Morgan fingerprint density at radius 3 is 3.12 bits per heavy atom. The molecule has 1 fully saturated rings. The van der Waals surface area contributed by atoms with Crippen LogP contribution in [0.2, 0.25) is 0 Å². The zero-order valence-corrected chi connectivity index (χ0v) is 14.9. The van der Waals surface area contributed by atoms with E-state index in [2.05, 4.69) is 15.2 Å². The van der Waals surface area contributed by atoms with Crippen molar-refractivity contribution in [3.63, 3.8) is 0 Å². The van der Waals surface area contributed by atoms with Crippen LogP contribution >= 0.6 is 0 Å². The molecule has 1 aromatic carbocycles. The minimum atomic E-state index is -0.0860. The van der Waals surface area contributed by atoms with Crippen molar-refractivity contribution in [2.75, 3.05) is 20.2 Å². The molecule has 7 heteroatoms. The van der Waals surface area contributed by atoms with Gasteiger partial charge in [0, 0.05) is 20.2 Å². The number of aromatic amines is 1. The van der Waals surface area contributed by atoms with Crippen LogP contribution in [-0.4, -0.2) is 56.9 Å². The first-order chi connectivity index (χ1) is 12.7. The van der Waals surface area contributed by atoms with Gasteiger partial charge in [-0.1, -0.05) is 12.1 Å². The average molecular weight is 353 g/mol. The second-order valence-electron chi connectivity index (χ2n) is 6.81. The van der Waals surface area contributed by atoms with Crippen molar-refractivity contribution in [1.29, 1.82) is 0 Å². The second-order valence-corrected chi connectivity index (χ2v) is 6.81.